The minimum atomic E-state index is -0.305. The van der Waals surface area contributed by atoms with E-state index in [1.807, 2.05) is 30.3 Å². The van der Waals surface area contributed by atoms with Gasteiger partial charge in [0.25, 0.3) is 0 Å². The number of aromatic nitrogens is 1. The van der Waals surface area contributed by atoms with Gasteiger partial charge in [-0.3, -0.25) is 4.79 Å². The molecule has 0 saturated carbocycles. The van der Waals surface area contributed by atoms with E-state index >= 15 is 0 Å². The van der Waals surface area contributed by atoms with E-state index in [2.05, 4.69) is 9.72 Å². The van der Waals surface area contributed by atoms with Crippen molar-refractivity contribution < 1.29 is 19.1 Å². The molecule has 122 valence electrons. The predicted molar refractivity (Wildman–Crippen MR) is 89.4 cm³/mol. The Bertz CT molecular complexity index is 822. The second kappa shape index (κ2) is 7.00. The standard InChI is InChI=1S/C19H17NO4/c1-23-17(22)12-11-16-20-18(13-5-3-2-4-6-13)19(24-16)14-7-9-15(21)10-8-14/h2-10,21H,11-12H2,1H3. The van der Waals surface area contributed by atoms with Crippen molar-refractivity contribution in [3.8, 4) is 28.3 Å². The summed E-state index contributed by atoms with van der Waals surface area (Å²) in [7, 11) is 1.36. The van der Waals surface area contributed by atoms with Crippen molar-refractivity contribution in [2.45, 2.75) is 12.8 Å². The predicted octanol–water partition coefficient (Wildman–Crippen LogP) is 3.82. The molecule has 0 radical (unpaired) electrons. The maximum absolute atomic E-state index is 11.3. The van der Waals surface area contributed by atoms with E-state index in [4.69, 9.17) is 4.42 Å². The molecule has 0 amide bonds. The van der Waals surface area contributed by atoms with Crippen LogP contribution in [-0.2, 0) is 16.0 Å². The van der Waals surface area contributed by atoms with Crippen LogP contribution in [0.1, 0.15) is 12.3 Å². The second-order valence-corrected chi connectivity index (χ2v) is 5.27. The number of phenolic OH excluding ortho intramolecular Hbond substituents is 1. The lowest BCUT2D eigenvalue weighted by Crippen LogP contribution is -2.01. The number of nitrogens with zero attached hydrogens (tertiary/aromatic N) is 1. The Kier molecular flexibility index (Phi) is 4.61. The van der Waals surface area contributed by atoms with E-state index in [0.29, 0.717) is 23.8 Å². The topological polar surface area (TPSA) is 72.6 Å². The van der Waals surface area contributed by atoms with Crippen LogP contribution in [0.25, 0.3) is 22.6 Å². The van der Waals surface area contributed by atoms with E-state index in [0.717, 1.165) is 11.1 Å². The highest BCUT2D eigenvalue weighted by Crippen LogP contribution is 2.33. The monoisotopic (exact) mass is 323 g/mol. The summed E-state index contributed by atoms with van der Waals surface area (Å²) in [6, 6.07) is 16.4. The number of aromatic hydroxyl groups is 1. The van der Waals surface area contributed by atoms with Crippen LogP contribution >= 0.6 is 0 Å². The van der Waals surface area contributed by atoms with Gasteiger partial charge in [-0.05, 0) is 24.3 Å². The number of oxazole rings is 1. The van der Waals surface area contributed by atoms with Crippen molar-refractivity contribution in [1.82, 2.24) is 4.98 Å². The maximum atomic E-state index is 11.3. The Hall–Kier alpha value is -3.08. The molecule has 0 bridgehead atoms. The van der Waals surface area contributed by atoms with Crippen molar-refractivity contribution in [3.63, 3.8) is 0 Å². The number of ether oxygens (including phenoxy) is 1. The average molecular weight is 323 g/mol. The molecule has 0 aliphatic rings. The average Bonchev–Trinajstić information content (AvgIpc) is 3.05. The number of carbonyl (C=O) groups excluding carboxylic acids is 1. The zero-order valence-corrected chi connectivity index (χ0v) is 13.2. The van der Waals surface area contributed by atoms with E-state index < -0.39 is 0 Å². The minimum absolute atomic E-state index is 0.186. The third kappa shape index (κ3) is 3.46. The molecule has 0 spiro atoms. The number of hydrogen-bond donors (Lipinski definition) is 1. The Morgan fingerprint density at radius 3 is 2.46 bits per heavy atom. The van der Waals surface area contributed by atoms with Crippen LogP contribution in [0.2, 0.25) is 0 Å². The fourth-order valence-corrected chi connectivity index (χ4v) is 2.38. The molecule has 0 unspecified atom stereocenters. The lowest BCUT2D eigenvalue weighted by Gasteiger charge is -2.01. The molecule has 1 aromatic heterocycles. The van der Waals surface area contributed by atoms with Crippen LogP contribution in [0.3, 0.4) is 0 Å². The molecule has 5 heteroatoms. The van der Waals surface area contributed by atoms with Crippen LogP contribution in [-0.4, -0.2) is 23.2 Å². The molecule has 0 aliphatic heterocycles. The van der Waals surface area contributed by atoms with Gasteiger partial charge < -0.3 is 14.3 Å². The molecule has 2 aromatic carbocycles. The zero-order valence-electron chi connectivity index (χ0n) is 13.2. The number of hydrogen-bond acceptors (Lipinski definition) is 5. The molecule has 0 aliphatic carbocycles. The quantitative estimate of drug-likeness (QED) is 0.723. The summed E-state index contributed by atoms with van der Waals surface area (Å²) in [5, 5.41) is 9.47. The summed E-state index contributed by atoms with van der Waals surface area (Å²) in [5.41, 5.74) is 2.44. The molecular weight excluding hydrogens is 306 g/mol. The fraction of sp³-hybridized carbons (Fsp3) is 0.158. The van der Waals surface area contributed by atoms with Crippen molar-refractivity contribution in [1.29, 1.82) is 0 Å². The molecule has 3 rings (SSSR count). The molecular formula is C19H17NO4. The third-order valence-electron chi connectivity index (χ3n) is 3.62. The SMILES string of the molecule is COC(=O)CCc1nc(-c2ccccc2)c(-c2ccc(O)cc2)o1. The highest BCUT2D eigenvalue weighted by molar-refractivity contribution is 5.77. The Morgan fingerprint density at radius 2 is 1.79 bits per heavy atom. The van der Waals surface area contributed by atoms with Gasteiger partial charge in [0.05, 0.1) is 13.5 Å². The van der Waals surface area contributed by atoms with E-state index in [1.165, 1.54) is 7.11 Å². The zero-order chi connectivity index (χ0) is 16.9. The van der Waals surface area contributed by atoms with Gasteiger partial charge >= 0.3 is 5.97 Å². The van der Waals surface area contributed by atoms with Crippen LogP contribution in [0, 0.1) is 0 Å². The van der Waals surface area contributed by atoms with E-state index in [-0.39, 0.29) is 18.1 Å². The lowest BCUT2D eigenvalue weighted by atomic mass is 10.1. The molecule has 0 saturated heterocycles. The first kappa shape index (κ1) is 15.8. The summed E-state index contributed by atoms with van der Waals surface area (Å²) in [5.74, 6) is 0.967. The Balaban J connectivity index is 2.00. The third-order valence-corrected chi connectivity index (χ3v) is 3.62. The first-order valence-corrected chi connectivity index (χ1v) is 7.58. The van der Waals surface area contributed by atoms with Crippen molar-refractivity contribution in [2.24, 2.45) is 0 Å². The van der Waals surface area contributed by atoms with Gasteiger partial charge in [0.2, 0.25) is 0 Å². The van der Waals surface area contributed by atoms with Gasteiger partial charge in [0.1, 0.15) is 11.4 Å². The largest absolute Gasteiger partial charge is 0.508 e. The van der Waals surface area contributed by atoms with Crippen LogP contribution < -0.4 is 0 Å². The Morgan fingerprint density at radius 1 is 1.08 bits per heavy atom. The second-order valence-electron chi connectivity index (χ2n) is 5.27. The Labute approximate surface area is 139 Å². The maximum Gasteiger partial charge on any atom is 0.306 e. The van der Waals surface area contributed by atoms with Gasteiger partial charge in [0, 0.05) is 17.5 Å². The van der Waals surface area contributed by atoms with Crippen molar-refractivity contribution in [3.05, 3.63) is 60.5 Å². The summed E-state index contributed by atoms with van der Waals surface area (Å²) >= 11 is 0. The number of methoxy groups -OCH3 is 1. The number of phenols is 1. The number of carbonyl (C=O) groups is 1. The van der Waals surface area contributed by atoms with Crippen LogP contribution in [0.5, 0.6) is 5.75 Å². The highest BCUT2D eigenvalue weighted by Gasteiger charge is 2.17. The minimum Gasteiger partial charge on any atom is -0.508 e. The first-order chi connectivity index (χ1) is 11.7. The number of esters is 1. The summed E-state index contributed by atoms with van der Waals surface area (Å²) in [6.07, 6.45) is 0.574. The smallest absolute Gasteiger partial charge is 0.306 e. The van der Waals surface area contributed by atoms with Crippen molar-refractivity contribution in [2.75, 3.05) is 7.11 Å². The van der Waals surface area contributed by atoms with Gasteiger partial charge in [-0.15, -0.1) is 0 Å². The summed E-state index contributed by atoms with van der Waals surface area (Å²) in [4.78, 5) is 15.9. The fourth-order valence-electron chi connectivity index (χ4n) is 2.38. The molecule has 24 heavy (non-hydrogen) atoms. The van der Waals surface area contributed by atoms with Gasteiger partial charge in [-0.25, -0.2) is 4.98 Å². The number of benzene rings is 2. The molecule has 1 heterocycles. The van der Waals surface area contributed by atoms with Gasteiger partial charge in [0.15, 0.2) is 11.7 Å². The van der Waals surface area contributed by atoms with E-state index in [9.17, 15) is 9.90 Å². The highest BCUT2D eigenvalue weighted by atomic mass is 16.5. The molecule has 5 nitrogen and oxygen atoms in total. The van der Waals surface area contributed by atoms with Crippen molar-refractivity contribution >= 4 is 5.97 Å². The van der Waals surface area contributed by atoms with Gasteiger partial charge in [-0.2, -0.15) is 0 Å². The van der Waals surface area contributed by atoms with Crippen LogP contribution in [0.4, 0.5) is 0 Å². The number of aryl methyl sites for hydroxylation is 1. The molecule has 0 atom stereocenters. The lowest BCUT2D eigenvalue weighted by molar-refractivity contribution is -0.140. The number of rotatable bonds is 5. The molecule has 3 aromatic rings. The normalized spacial score (nSPS) is 10.5. The molecule has 0 fully saturated rings. The van der Waals surface area contributed by atoms with Gasteiger partial charge in [-0.1, -0.05) is 30.3 Å². The van der Waals surface area contributed by atoms with E-state index in [1.54, 1.807) is 24.3 Å². The first-order valence-electron chi connectivity index (χ1n) is 7.58. The summed E-state index contributed by atoms with van der Waals surface area (Å²) < 4.78 is 10.5. The molecule has 1 N–H and O–H groups in total. The van der Waals surface area contributed by atoms with Crippen LogP contribution in [0.15, 0.2) is 59.0 Å². The summed E-state index contributed by atoms with van der Waals surface area (Å²) in [6.45, 7) is 0.